The van der Waals surface area contributed by atoms with Crippen molar-refractivity contribution in [2.24, 2.45) is 0 Å². The van der Waals surface area contributed by atoms with Crippen LogP contribution in [0.15, 0.2) is 46.7 Å². The van der Waals surface area contributed by atoms with Crippen molar-refractivity contribution in [2.75, 3.05) is 6.54 Å². The van der Waals surface area contributed by atoms with E-state index in [1.54, 1.807) is 33.8 Å². The fourth-order valence-electron chi connectivity index (χ4n) is 3.04. The van der Waals surface area contributed by atoms with Crippen LogP contribution in [0.1, 0.15) is 41.4 Å². The van der Waals surface area contributed by atoms with Gasteiger partial charge in [0, 0.05) is 23.0 Å². The van der Waals surface area contributed by atoms with Crippen LogP contribution in [0, 0.1) is 0 Å². The minimum Gasteiger partial charge on any atom is -0.347 e. The Hall–Kier alpha value is -1.70. The van der Waals surface area contributed by atoms with Crippen LogP contribution in [-0.4, -0.2) is 31.2 Å². The molecule has 0 aliphatic carbocycles. The van der Waals surface area contributed by atoms with Gasteiger partial charge in [0.05, 0.1) is 11.4 Å². The molecule has 1 atom stereocenters. The van der Waals surface area contributed by atoms with E-state index in [1.807, 2.05) is 24.4 Å². The molecule has 1 fully saturated rings. The molecule has 134 valence electrons. The molecule has 1 N–H and O–H groups in total. The number of carbonyl (C=O) groups is 1. The lowest BCUT2D eigenvalue weighted by molar-refractivity contribution is 0.0951. The number of piperidine rings is 1. The van der Waals surface area contributed by atoms with Crippen molar-refractivity contribution < 1.29 is 13.2 Å². The van der Waals surface area contributed by atoms with Crippen molar-refractivity contribution in [3.8, 4) is 0 Å². The summed E-state index contributed by atoms with van der Waals surface area (Å²) in [4.78, 5) is 13.6. The number of benzene rings is 1. The maximum absolute atomic E-state index is 12.9. The molecule has 1 saturated heterocycles. The minimum atomic E-state index is -3.57. The van der Waals surface area contributed by atoms with Crippen molar-refractivity contribution >= 4 is 27.3 Å². The Morgan fingerprint density at radius 3 is 2.84 bits per heavy atom. The molecule has 7 heteroatoms. The number of hydrogen-bond acceptors (Lipinski definition) is 4. The van der Waals surface area contributed by atoms with E-state index in [0.717, 1.165) is 24.1 Å². The number of carbonyl (C=O) groups excluding carboxylic acids is 1. The van der Waals surface area contributed by atoms with Gasteiger partial charge in [-0.3, -0.25) is 4.79 Å². The first-order chi connectivity index (χ1) is 12.0. The van der Waals surface area contributed by atoms with E-state index in [1.165, 1.54) is 6.07 Å². The lowest BCUT2D eigenvalue weighted by atomic mass is 10.1. The van der Waals surface area contributed by atoms with Gasteiger partial charge in [-0.15, -0.1) is 11.3 Å². The first-order valence-electron chi connectivity index (χ1n) is 8.41. The zero-order valence-corrected chi connectivity index (χ0v) is 15.8. The van der Waals surface area contributed by atoms with Crippen LogP contribution in [0.3, 0.4) is 0 Å². The molecule has 1 aromatic carbocycles. The zero-order valence-electron chi connectivity index (χ0n) is 14.1. The van der Waals surface area contributed by atoms with Gasteiger partial charge in [-0.25, -0.2) is 8.42 Å². The third kappa shape index (κ3) is 4.11. The van der Waals surface area contributed by atoms with Gasteiger partial charge in [-0.2, -0.15) is 4.31 Å². The molecular formula is C18H22N2O3S2. The average molecular weight is 379 g/mol. The van der Waals surface area contributed by atoms with Crippen molar-refractivity contribution in [3.63, 3.8) is 0 Å². The van der Waals surface area contributed by atoms with Crippen molar-refractivity contribution in [1.82, 2.24) is 9.62 Å². The topological polar surface area (TPSA) is 66.5 Å². The Morgan fingerprint density at radius 1 is 1.28 bits per heavy atom. The maximum atomic E-state index is 12.9. The van der Waals surface area contributed by atoms with Crippen LogP contribution in [0.5, 0.6) is 0 Å². The number of nitrogens with one attached hydrogen (secondary N) is 1. The smallest absolute Gasteiger partial charge is 0.251 e. The van der Waals surface area contributed by atoms with E-state index >= 15 is 0 Å². The van der Waals surface area contributed by atoms with Gasteiger partial charge >= 0.3 is 0 Å². The number of sulfonamides is 1. The Balaban J connectivity index is 1.77. The van der Waals surface area contributed by atoms with E-state index in [9.17, 15) is 13.2 Å². The molecule has 1 aliphatic rings. The molecule has 1 amide bonds. The number of hydrogen-bond donors (Lipinski definition) is 1. The van der Waals surface area contributed by atoms with Crippen LogP contribution >= 0.6 is 11.3 Å². The fraction of sp³-hybridized carbons (Fsp3) is 0.389. The van der Waals surface area contributed by atoms with Crippen LogP contribution in [0.25, 0.3) is 0 Å². The largest absolute Gasteiger partial charge is 0.347 e. The molecule has 0 radical (unpaired) electrons. The second-order valence-corrected chi connectivity index (χ2v) is 9.17. The molecule has 2 aromatic rings. The second kappa shape index (κ2) is 7.68. The fourth-order valence-corrected chi connectivity index (χ4v) is 5.44. The molecule has 0 bridgehead atoms. The Kier molecular flexibility index (Phi) is 5.56. The highest BCUT2D eigenvalue weighted by atomic mass is 32.2. The molecule has 1 aliphatic heterocycles. The summed E-state index contributed by atoms with van der Waals surface area (Å²) in [6, 6.07) is 10.2. The summed E-state index contributed by atoms with van der Waals surface area (Å²) in [6.45, 7) is 2.92. The standard InChI is InChI=1S/C18H22N2O3S2/c1-14-6-2-3-10-20(14)25(22,23)17-9-4-7-15(12-17)18(21)19-13-16-8-5-11-24-16/h4-5,7-9,11-12,14H,2-3,6,10,13H2,1H3,(H,19,21). The molecule has 2 heterocycles. The SMILES string of the molecule is CC1CCCCN1S(=O)(=O)c1cccc(C(=O)NCc2cccs2)c1. The highest BCUT2D eigenvalue weighted by molar-refractivity contribution is 7.89. The molecule has 0 spiro atoms. The van der Waals surface area contributed by atoms with Crippen molar-refractivity contribution in [1.29, 1.82) is 0 Å². The monoisotopic (exact) mass is 378 g/mol. The van der Waals surface area contributed by atoms with Gasteiger partial charge in [0.15, 0.2) is 0 Å². The van der Waals surface area contributed by atoms with Gasteiger partial charge in [0.2, 0.25) is 10.0 Å². The molecule has 0 saturated carbocycles. The molecule has 3 rings (SSSR count). The first-order valence-corrected chi connectivity index (χ1v) is 10.7. The lowest BCUT2D eigenvalue weighted by Crippen LogP contribution is -2.42. The molecule has 25 heavy (non-hydrogen) atoms. The Bertz CT molecular complexity index is 832. The number of rotatable bonds is 5. The highest BCUT2D eigenvalue weighted by Crippen LogP contribution is 2.25. The summed E-state index contributed by atoms with van der Waals surface area (Å²) < 4.78 is 27.4. The predicted molar refractivity (Wildman–Crippen MR) is 99.1 cm³/mol. The van der Waals surface area contributed by atoms with E-state index in [-0.39, 0.29) is 16.8 Å². The molecular weight excluding hydrogens is 356 g/mol. The summed E-state index contributed by atoms with van der Waals surface area (Å²) in [5.41, 5.74) is 0.363. The second-order valence-electron chi connectivity index (χ2n) is 6.25. The van der Waals surface area contributed by atoms with Gasteiger partial charge in [0.1, 0.15) is 0 Å². The summed E-state index contributed by atoms with van der Waals surface area (Å²) in [5, 5.41) is 4.78. The lowest BCUT2D eigenvalue weighted by Gasteiger charge is -2.32. The van der Waals surface area contributed by atoms with Gasteiger partial charge < -0.3 is 5.32 Å². The minimum absolute atomic E-state index is 0.00457. The van der Waals surface area contributed by atoms with Crippen molar-refractivity contribution in [3.05, 3.63) is 52.2 Å². The van der Waals surface area contributed by atoms with E-state index in [0.29, 0.717) is 18.7 Å². The van der Waals surface area contributed by atoms with Gasteiger partial charge in [0.25, 0.3) is 5.91 Å². The Labute approximate surface area is 152 Å². The van der Waals surface area contributed by atoms with E-state index < -0.39 is 10.0 Å². The summed E-state index contributed by atoms with van der Waals surface area (Å²) >= 11 is 1.57. The van der Waals surface area contributed by atoms with Crippen LogP contribution in [0.4, 0.5) is 0 Å². The van der Waals surface area contributed by atoms with Crippen molar-refractivity contribution in [2.45, 2.75) is 43.7 Å². The maximum Gasteiger partial charge on any atom is 0.251 e. The number of thiophene rings is 1. The van der Waals surface area contributed by atoms with Crippen LogP contribution < -0.4 is 5.32 Å². The third-order valence-electron chi connectivity index (χ3n) is 4.45. The normalized spacial score (nSPS) is 18.8. The summed E-state index contributed by atoms with van der Waals surface area (Å²) in [6.07, 6.45) is 2.81. The number of amides is 1. The molecule has 5 nitrogen and oxygen atoms in total. The molecule has 1 aromatic heterocycles. The van der Waals surface area contributed by atoms with Gasteiger partial charge in [-0.1, -0.05) is 18.6 Å². The first kappa shape index (κ1) is 18.1. The summed E-state index contributed by atoms with van der Waals surface area (Å²) in [5.74, 6) is -0.267. The zero-order chi connectivity index (χ0) is 17.9. The van der Waals surface area contributed by atoms with Crippen LogP contribution in [0.2, 0.25) is 0 Å². The van der Waals surface area contributed by atoms with Crippen LogP contribution in [-0.2, 0) is 16.6 Å². The quantitative estimate of drug-likeness (QED) is 0.868. The Morgan fingerprint density at radius 2 is 2.12 bits per heavy atom. The predicted octanol–water partition coefficient (Wildman–Crippen LogP) is 3.24. The number of nitrogens with zero attached hydrogens (tertiary/aromatic N) is 1. The third-order valence-corrected chi connectivity index (χ3v) is 7.33. The molecule has 1 unspecified atom stereocenters. The highest BCUT2D eigenvalue weighted by Gasteiger charge is 2.31. The van der Waals surface area contributed by atoms with E-state index in [2.05, 4.69) is 5.32 Å². The summed E-state index contributed by atoms with van der Waals surface area (Å²) in [7, 11) is -3.57. The van der Waals surface area contributed by atoms with E-state index in [4.69, 9.17) is 0 Å². The average Bonchev–Trinajstić information content (AvgIpc) is 3.13. The van der Waals surface area contributed by atoms with Gasteiger partial charge in [-0.05, 0) is 49.4 Å².